The molecule has 110 valence electrons. The summed E-state index contributed by atoms with van der Waals surface area (Å²) in [6.07, 6.45) is -3.46. The third-order valence-corrected chi connectivity index (χ3v) is 3.55. The molecular formula is C14H17F3N2O. The maximum Gasteiger partial charge on any atom is 0.416 e. The highest BCUT2D eigenvalue weighted by molar-refractivity contribution is 5.78. The van der Waals surface area contributed by atoms with Gasteiger partial charge in [0.1, 0.15) is 0 Å². The van der Waals surface area contributed by atoms with Crippen LogP contribution in [0, 0.1) is 5.92 Å². The number of hydrogen-bond acceptors (Lipinski definition) is 2. The molecule has 0 radical (unpaired) electrons. The van der Waals surface area contributed by atoms with Crippen LogP contribution in [-0.4, -0.2) is 30.4 Å². The van der Waals surface area contributed by atoms with E-state index in [1.165, 1.54) is 6.07 Å². The minimum atomic E-state index is -4.33. The Morgan fingerprint density at radius 2 is 2.10 bits per heavy atom. The summed E-state index contributed by atoms with van der Waals surface area (Å²) in [6, 6.07) is 5.23. The van der Waals surface area contributed by atoms with Crippen LogP contribution >= 0.6 is 0 Å². The van der Waals surface area contributed by atoms with Crippen LogP contribution in [0.25, 0.3) is 0 Å². The maximum atomic E-state index is 12.6. The number of rotatable bonds is 4. The Morgan fingerprint density at radius 1 is 1.35 bits per heavy atom. The van der Waals surface area contributed by atoms with Gasteiger partial charge in [0, 0.05) is 19.5 Å². The largest absolute Gasteiger partial charge is 0.416 e. The lowest BCUT2D eigenvalue weighted by Crippen LogP contribution is -2.28. The molecule has 0 aliphatic carbocycles. The summed E-state index contributed by atoms with van der Waals surface area (Å²) in [5, 5.41) is 0. The summed E-state index contributed by atoms with van der Waals surface area (Å²) in [5.74, 6) is 0.205. The van der Waals surface area contributed by atoms with Gasteiger partial charge in [0.05, 0.1) is 5.56 Å². The summed E-state index contributed by atoms with van der Waals surface area (Å²) in [5.41, 5.74) is 5.47. The van der Waals surface area contributed by atoms with Crippen LogP contribution < -0.4 is 5.73 Å². The van der Waals surface area contributed by atoms with Crippen molar-refractivity contribution in [2.45, 2.75) is 19.0 Å². The molecule has 1 unspecified atom stereocenters. The van der Waals surface area contributed by atoms with Gasteiger partial charge in [0.25, 0.3) is 0 Å². The van der Waals surface area contributed by atoms with Gasteiger partial charge in [-0.2, -0.15) is 13.2 Å². The van der Waals surface area contributed by atoms with Gasteiger partial charge in [0.2, 0.25) is 5.91 Å². The van der Waals surface area contributed by atoms with Crippen molar-refractivity contribution >= 4 is 5.91 Å². The molecule has 1 amide bonds. The quantitative estimate of drug-likeness (QED) is 0.921. The van der Waals surface area contributed by atoms with E-state index in [0.717, 1.165) is 12.1 Å². The van der Waals surface area contributed by atoms with Crippen molar-refractivity contribution in [3.63, 3.8) is 0 Å². The lowest BCUT2D eigenvalue weighted by atomic mass is 10.1. The molecule has 2 N–H and O–H groups in total. The molecule has 1 aliphatic rings. The van der Waals surface area contributed by atoms with Gasteiger partial charge in [-0.15, -0.1) is 0 Å². The molecular weight excluding hydrogens is 269 g/mol. The number of amides is 1. The molecule has 1 aromatic rings. The van der Waals surface area contributed by atoms with Gasteiger partial charge in [-0.25, -0.2) is 0 Å². The van der Waals surface area contributed by atoms with Gasteiger partial charge in [-0.05, 0) is 30.5 Å². The summed E-state index contributed by atoms with van der Waals surface area (Å²) < 4.78 is 37.8. The third kappa shape index (κ3) is 3.50. The number of carbonyl (C=O) groups is 1. The number of benzene rings is 1. The van der Waals surface area contributed by atoms with Crippen LogP contribution in [0.1, 0.15) is 17.5 Å². The molecule has 3 nitrogen and oxygen atoms in total. The average Bonchev–Trinajstić information content (AvgIpc) is 2.76. The lowest BCUT2D eigenvalue weighted by molar-refractivity contribution is -0.137. The van der Waals surface area contributed by atoms with Crippen molar-refractivity contribution < 1.29 is 18.0 Å². The normalized spacial score (nSPS) is 19.7. The van der Waals surface area contributed by atoms with Crippen molar-refractivity contribution in [3.05, 3.63) is 35.4 Å². The molecule has 1 saturated heterocycles. The van der Waals surface area contributed by atoms with E-state index in [-0.39, 0.29) is 11.8 Å². The van der Waals surface area contributed by atoms with E-state index >= 15 is 0 Å². The van der Waals surface area contributed by atoms with E-state index in [9.17, 15) is 18.0 Å². The highest BCUT2D eigenvalue weighted by Gasteiger charge is 2.31. The van der Waals surface area contributed by atoms with Crippen LogP contribution in [-0.2, 0) is 17.4 Å². The molecule has 1 atom stereocenters. The molecule has 1 aliphatic heterocycles. The van der Waals surface area contributed by atoms with Crippen molar-refractivity contribution in [1.29, 1.82) is 0 Å². The maximum absolute atomic E-state index is 12.6. The zero-order valence-electron chi connectivity index (χ0n) is 11.0. The summed E-state index contributed by atoms with van der Waals surface area (Å²) in [6.45, 7) is 1.51. The van der Waals surface area contributed by atoms with E-state index in [1.54, 1.807) is 11.0 Å². The number of halogens is 3. The number of nitrogens with two attached hydrogens (primary N) is 1. The van der Waals surface area contributed by atoms with Crippen LogP contribution in [0.3, 0.4) is 0 Å². The predicted octanol–water partition coefficient (Wildman–Crippen LogP) is 2.06. The topological polar surface area (TPSA) is 46.3 Å². The minimum Gasteiger partial charge on any atom is -0.342 e. The van der Waals surface area contributed by atoms with E-state index in [0.29, 0.717) is 38.0 Å². The van der Waals surface area contributed by atoms with Crippen molar-refractivity contribution in [2.24, 2.45) is 11.7 Å². The zero-order valence-corrected chi connectivity index (χ0v) is 11.0. The monoisotopic (exact) mass is 286 g/mol. The zero-order chi connectivity index (χ0) is 14.8. The number of likely N-dealkylation sites (tertiary alicyclic amines) is 1. The first-order valence-electron chi connectivity index (χ1n) is 6.54. The Balaban J connectivity index is 1.96. The summed E-state index contributed by atoms with van der Waals surface area (Å²) in [4.78, 5) is 13.4. The predicted molar refractivity (Wildman–Crippen MR) is 68.9 cm³/mol. The fourth-order valence-electron chi connectivity index (χ4n) is 2.40. The highest BCUT2D eigenvalue weighted by atomic mass is 19.4. The minimum absolute atomic E-state index is 0.0347. The Hall–Kier alpha value is -1.56. The molecule has 2 rings (SSSR count). The smallest absolute Gasteiger partial charge is 0.342 e. The third-order valence-electron chi connectivity index (χ3n) is 3.55. The number of carbonyl (C=O) groups excluding carboxylic acids is 1. The SMILES string of the molecule is NCC1CC(=O)N(CCc2cccc(C(F)(F)F)c2)C1. The van der Waals surface area contributed by atoms with Gasteiger partial charge in [-0.1, -0.05) is 18.2 Å². The molecule has 0 aromatic heterocycles. The highest BCUT2D eigenvalue weighted by Crippen LogP contribution is 2.29. The van der Waals surface area contributed by atoms with Crippen molar-refractivity contribution in [1.82, 2.24) is 4.90 Å². The van der Waals surface area contributed by atoms with Gasteiger partial charge in [0.15, 0.2) is 0 Å². The first-order chi connectivity index (χ1) is 9.40. The van der Waals surface area contributed by atoms with E-state index in [1.807, 2.05) is 0 Å². The molecule has 0 bridgehead atoms. The second-order valence-corrected chi connectivity index (χ2v) is 5.09. The standard InChI is InChI=1S/C14H17F3N2O/c15-14(16,17)12-3-1-2-10(6-12)4-5-19-9-11(8-18)7-13(19)20/h1-3,6,11H,4-5,7-9,18H2. The van der Waals surface area contributed by atoms with E-state index < -0.39 is 11.7 Å². The summed E-state index contributed by atoms with van der Waals surface area (Å²) in [7, 11) is 0. The molecule has 6 heteroatoms. The molecule has 0 saturated carbocycles. The molecule has 1 heterocycles. The number of nitrogens with zero attached hydrogens (tertiary/aromatic N) is 1. The molecule has 0 spiro atoms. The van der Waals surface area contributed by atoms with E-state index in [2.05, 4.69) is 0 Å². The van der Waals surface area contributed by atoms with Crippen LogP contribution in [0.4, 0.5) is 13.2 Å². The Kier molecular flexibility index (Phi) is 4.32. The van der Waals surface area contributed by atoms with Crippen LogP contribution in [0.5, 0.6) is 0 Å². The fraction of sp³-hybridized carbons (Fsp3) is 0.500. The van der Waals surface area contributed by atoms with Crippen molar-refractivity contribution in [2.75, 3.05) is 19.6 Å². The van der Waals surface area contributed by atoms with E-state index in [4.69, 9.17) is 5.73 Å². The second kappa shape index (κ2) is 5.83. The van der Waals surface area contributed by atoms with Crippen LogP contribution in [0.2, 0.25) is 0 Å². The number of alkyl halides is 3. The molecule has 20 heavy (non-hydrogen) atoms. The van der Waals surface area contributed by atoms with Crippen molar-refractivity contribution in [3.8, 4) is 0 Å². The fourth-order valence-corrected chi connectivity index (χ4v) is 2.40. The van der Waals surface area contributed by atoms with Gasteiger partial charge >= 0.3 is 6.18 Å². The first kappa shape index (κ1) is 14.8. The Bertz CT molecular complexity index is 488. The van der Waals surface area contributed by atoms with Gasteiger partial charge < -0.3 is 10.6 Å². The molecule has 1 fully saturated rings. The summed E-state index contributed by atoms with van der Waals surface area (Å²) >= 11 is 0. The lowest BCUT2D eigenvalue weighted by Gasteiger charge is -2.16. The van der Waals surface area contributed by atoms with Gasteiger partial charge in [-0.3, -0.25) is 4.79 Å². The Labute approximate surface area is 115 Å². The number of hydrogen-bond donors (Lipinski definition) is 1. The first-order valence-corrected chi connectivity index (χ1v) is 6.54. The second-order valence-electron chi connectivity index (χ2n) is 5.09. The Morgan fingerprint density at radius 3 is 2.70 bits per heavy atom. The molecule has 1 aromatic carbocycles. The van der Waals surface area contributed by atoms with Crippen LogP contribution in [0.15, 0.2) is 24.3 Å². The average molecular weight is 286 g/mol.